The van der Waals surface area contributed by atoms with E-state index in [0.29, 0.717) is 6.10 Å². The van der Waals surface area contributed by atoms with Gasteiger partial charge in [0.25, 0.3) is 0 Å². The molecule has 1 aliphatic carbocycles. The molecule has 0 radical (unpaired) electrons. The normalized spacial score (nSPS) is 16.7. The van der Waals surface area contributed by atoms with E-state index in [1.165, 1.54) is 32.1 Å². The lowest BCUT2D eigenvalue weighted by Crippen LogP contribution is -2.20. The van der Waals surface area contributed by atoms with Crippen LogP contribution in [0.4, 0.5) is 0 Å². The molecular formula is C16H24ClNO. The lowest BCUT2D eigenvalue weighted by molar-refractivity contribution is 0.0273. The first-order valence-corrected chi connectivity index (χ1v) is 7.80. The molecule has 1 N–H and O–H groups in total. The quantitative estimate of drug-likeness (QED) is 0.758. The molecule has 1 aromatic rings. The Labute approximate surface area is 121 Å². The summed E-state index contributed by atoms with van der Waals surface area (Å²) in [4.78, 5) is 0. The van der Waals surface area contributed by atoms with Crippen LogP contribution in [0.3, 0.4) is 0 Å². The lowest BCUT2D eigenvalue weighted by Gasteiger charge is -2.21. The van der Waals surface area contributed by atoms with Gasteiger partial charge in [-0.1, -0.05) is 49.1 Å². The molecule has 2 rings (SSSR count). The third-order valence-corrected chi connectivity index (χ3v) is 4.05. The van der Waals surface area contributed by atoms with Gasteiger partial charge in [0.15, 0.2) is 0 Å². The minimum atomic E-state index is 0.525. The highest BCUT2D eigenvalue weighted by Gasteiger charge is 2.12. The fourth-order valence-electron chi connectivity index (χ4n) is 2.54. The van der Waals surface area contributed by atoms with Crippen LogP contribution in [0.15, 0.2) is 24.3 Å². The molecule has 106 valence electrons. The van der Waals surface area contributed by atoms with Crippen LogP contribution in [0.2, 0.25) is 5.02 Å². The molecule has 0 saturated heterocycles. The fourth-order valence-corrected chi connectivity index (χ4v) is 2.75. The number of rotatable bonds is 7. The highest BCUT2D eigenvalue weighted by Crippen LogP contribution is 2.20. The van der Waals surface area contributed by atoms with Gasteiger partial charge < -0.3 is 10.1 Å². The molecule has 0 unspecified atom stereocenters. The van der Waals surface area contributed by atoms with E-state index in [0.717, 1.165) is 36.7 Å². The second kappa shape index (κ2) is 8.57. The zero-order chi connectivity index (χ0) is 13.3. The van der Waals surface area contributed by atoms with E-state index in [-0.39, 0.29) is 0 Å². The SMILES string of the molecule is Clc1ccccc1CNCCCOC1CCCCC1. The van der Waals surface area contributed by atoms with Crippen LogP contribution in [0, 0.1) is 0 Å². The predicted octanol–water partition coefficient (Wildman–Crippen LogP) is 4.17. The van der Waals surface area contributed by atoms with Gasteiger partial charge in [-0.05, 0) is 37.4 Å². The summed E-state index contributed by atoms with van der Waals surface area (Å²) in [5.74, 6) is 0. The second-order valence-electron chi connectivity index (χ2n) is 5.25. The van der Waals surface area contributed by atoms with Gasteiger partial charge in [0, 0.05) is 18.2 Å². The van der Waals surface area contributed by atoms with Gasteiger partial charge in [0.1, 0.15) is 0 Å². The van der Waals surface area contributed by atoms with Crippen molar-refractivity contribution in [3.8, 4) is 0 Å². The molecule has 0 amide bonds. The lowest BCUT2D eigenvalue weighted by atomic mass is 9.98. The largest absolute Gasteiger partial charge is 0.378 e. The predicted molar refractivity (Wildman–Crippen MR) is 80.6 cm³/mol. The Morgan fingerprint density at radius 2 is 1.95 bits per heavy atom. The van der Waals surface area contributed by atoms with E-state index in [9.17, 15) is 0 Å². The van der Waals surface area contributed by atoms with Gasteiger partial charge in [-0.3, -0.25) is 0 Å². The second-order valence-corrected chi connectivity index (χ2v) is 5.66. The van der Waals surface area contributed by atoms with Gasteiger partial charge >= 0.3 is 0 Å². The Morgan fingerprint density at radius 3 is 2.74 bits per heavy atom. The van der Waals surface area contributed by atoms with E-state index in [2.05, 4.69) is 11.4 Å². The van der Waals surface area contributed by atoms with E-state index >= 15 is 0 Å². The van der Waals surface area contributed by atoms with Crippen LogP contribution >= 0.6 is 11.6 Å². The van der Waals surface area contributed by atoms with Crippen LogP contribution in [0.1, 0.15) is 44.1 Å². The van der Waals surface area contributed by atoms with Gasteiger partial charge in [0.2, 0.25) is 0 Å². The van der Waals surface area contributed by atoms with Gasteiger partial charge in [-0.15, -0.1) is 0 Å². The minimum Gasteiger partial charge on any atom is -0.378 e. The Morgan fingerprint density at radius 1 is 1.16 bits per heavy atom. The molecule has 0 heterocycles. The average Bonchev–Trinajstić information content (AvgIpc) is 2.45. The molecule has 0 atom stereocenters. The highest BCUT2D eigenvalue weighted by molar-refractivity contribution is 6.31. The van der Waals surface area contributed by atoms with Gasteiger partial charge in [-0.2, -0.15) is 0 Å². The first-order chi connectivity index (χ1) is 9.36. The van der Waals surface area contributed by atoms with E-state index in [4.69, 9.17) is 16.3 Å². The Balaban J connectivity index is 1.51. The first-order valence-electron chi connectivity index (χ1n) is 7.42. The van der Waals surface area contributed by atoms with Gasteiger partial charge in [-0.25, -0.2) is 0 Å². The molecule has 0 aliphatic heterocycles. The standard InChI is InChI=1S/C16H24ClNO/c17-16-10-5-4-7-14(16)13-18-11-6-12-19-15-8-2-1-3-9-15/h4-5,7,10,15,18H,1-3,6,8-9,11-13H2. The molecule has 19 heavy (non-hydrogen) atoms. The maximum Gasteiger partial charge on any atom is 0.0575 e. The Kier molecular flexibility index (Phi) is 6.69. The van der Waals surface area contributed by atoms with Crippen molar-refractivity contribution in [3.05, 3.63) is 34.9 Å². The number of benzene rings is 1. The summed E-state index contributed by atoms with van der Waals surface area (Å²) in [5, 5.41) is 4.26. The summed E-state index contributed by atoms with van der Waals surface area (Å²) in [6, 6.07) is 7.98. The number of hydrogen-bond donors (Lipinski definition) is 1. The van der Waals surface area contributed by atoms with Crippen LogP contribution < -0.4 is 5.32 Å². The molecule has 1 fully saturated rings. The summed E-state index contributed by atoms with van der Waals surface area (Å²) < 4.78 is 5.89. The monoisotopic (exact) mass is 281 g/mol. The molecule has 0 spiro atoms. The summed E-state index contributed by atoms with van der Waals surface area (Å²) in [6.07, 6.45) is 8.18. The number of ether oxygens (including phenoxy) is 1. The van der Waals surface area contributed by atoms with Gasteiger partial charge in [0.05, 0.1) is 6.10 Å². The number of nitrogens with one attached hydrogen (secondary N) is 1. The van der Waals surface area contributed by atoms with Crippen LogP contribution in [0.5, 0.6) is 0 Å². The minimum absolute atomic E-state index is 0.525. The van der Waals surface area contributed by atoms with Crippen molar-refractivity contribution in [2.24, 2.45) is 0 Å². The van der Waals surface area contributed by atoms with E-state index in [1.54, 1.807) is 0 Å². The van der Waals surface area contributed by atoms with E-state index < -0.39 is 0 Å². The van der Waals surface area contributed by atoms with Crippen molar-refractivity contribution >= 4 is 11.6 Å². The van der Waals surface area contributed by atoms with E-state index in [1.807, 2.05) is 18.2 Å². The smallest absolute Gasteiger partial charge is 0.0575 e. The molecule has 3 heteroatoms. The summed E-state index contributed by atoms with van der Waals surface area (Å²) >= 11 is 6.10. The first kappa shape index (κ1) is 14.8. The Hall–Kier alpha value is -0.570. The van der Waals surface area contributed by atoms with Crippen LogP contribution in [0.25, 0.3) is 0 Å². The average molecular weight is 282 g/mol. The fraction of sp³-hybridized carbons (Fsp3) is 0.625. The van der Waals surface area contributed by atoms with Crippen molar-refractivity contribution < 1.29 is 4.74 Å². The molecule has 0 bridgehead atoms. The third-order valence-electron chi connectivity index (χ3n) is 3.68. The number of hydrogen-bond acceptors (Lipinski definition) is 2. The molecule has 1 saturated carbocycles. The van der Waals surface area contributed by atoms with Crippen molar-refractivity contribution in [3.63, 3.8) is 0 Å². The van der Waals surface area contributed by atoms with Crippen molar-refractivity contribution in [2.45, 2.75) is 51.2 Å². The summed E-state index contributed by atoms with van der Waals surface area (Å²) in [7, 11) is 0. The summed E-state index contributed by atoms with van der Waals surface area (Å²) in [5.41, 5.74) is 1.16. The molecule has 0 aromatic heterocycles. The molecule has 1 aliphatic rings. The Bertz CT molecular complexity index is 364. The van der Waals surface area contributed by atoms with Crippen LogP contribution in [-0.4, -0.2) is 19.3 Å². The zero-order valence-corrected chi connectivity index (χ0v) is 12.3. The van der Waals surface area contributed by atoms with Crippen molar-refractivity contribution in [1.82, 2.24) is 5.32 Å². The van der Waals surface area contributed by atoms with Crippen molar-refractivity contribution in [2.75, 3.05) is 13.2 Å². The molecule has 1 aromatic carbocycles. The maximum absolute atomic E-state index is 6.10. The maximum atomic E-state index is 6.10. The third kappa shape index (κ3) is 5.52. The highest BCUT2D eigenvalue weighted by atomic mass is 35.5. The molecule has 2 nitrogen and oxygen atoms in total. The van der Waals surface area contributed by atoms with Crippen molar-refractivity contribution in [1.29, 1.82) is 0 Å². The zero-order valence-electron chi connectivity index (χ0n) is 11.5. The number of halogens is 1. The molecular weight excluding hydrogens is 258 g/mol. The summed E-state index contributed by atoms with van der Waals surface area (Å²) in [6.45, 7) is 2.70. The van der Waals surface area contributed by atoms with Crippen LogP contribution in [-0.2, 0) is 11.3 Å². The topological polar surface area (TPSA) is 21.3 Å².